The van der Waals surface area contributed by atoms with Crippen LogP contribution < -0.4 is 4.74 Å². The lowest BCUT2D eigenvalue weighted by Gasteiger charge is -2.08. The fraction of sp³-hybridized carbons (Fsp3) is 0.125. The largest absolute Gasteiger partial charge is 0.508 e. The molecule has 2 aromatic carbocycles. The van der Waals surface area contributed by atoms with Gasteiger partial charge in [-0.05, 0) is 36.4 Å². The number of ether oxygens (including phenoxy) is 1. The molecule has 20 heavy (non-hydrogen) atoms. The lowest BCUT2D eigenvalue weighted by molar-refractivity contribution is 0.282. The molecule has 4 nitrogen and oxygen atoms in total. The van der Waals surface area contributed by atoms with E-state index in [0.717, 1.165) is 16.6 Å². The second-order valence-corrected chi connectivity index (χ2v) is 4.69. The molecule has 0 atom stereocenters. The Balaban J connectivity index is 1.88. The Kier molecular flexibility index (Phi) is 2.99. The minimum Gasteiger partial charge on any atom is -0.508 e. The van der Waals surface area contributed by atoms with Crippen LogP contribution in [0.4, 0.5) is 0 Å². The first kappa shape index (κ1) is 12.4. The van der Waals surface area contributed by atoms with Gasteiger partial charge in [0.25, 0.3) is 0 Å². The van der Waals surface area contributed by atoms with Crippen LogP contribution >= 0.6 is 0 Å². The van der Waals surface area contributed by atoms with Crippen molar-refractivity contribution >= 4 is 10.9 Å². The smallest absolute Gasteiger partial charge is 0.161 e. The molecule has 1 heterocycles. The molecule has 0 spiro atoms. The van der Waals surface area contributed by atoms with Crippen LogP contribution in [0.5, 0.6) is 17.2 Å². The highest BCUT2D eigenvalue weighted by atomic mass is 16.5. The minimum atomic E-state index is 0.129. The van der Waals surface area contributed by atoms with Gasteiger partial charge in [0.15, 0.2) is 11.5 Å². The van der Waals surface area contributed by atoms with Crippen LogP contribution in [0.2, 0.25) is 0 Å². The van der Waals surface area contributed by atoms with E-state index < -0.39 is 0 Å². The van der Waals surface area contributed by atoms with Crippen LogP contribution in [0.15, 0.2) is 48.5 Å². The van der Waals surface area contributed by atoms with Crippen LogP contribution in [0.3, 0.4) is 0 Å². The van der Waals surface area contributed by atoms with Gasteiger partial charge in [-0.2, -0.15) is 0 Å². The molecule has 0 fully saturated rings. The third kappa shape index (κ3) is 2.16. The number of aryl methyl sites for hydroxylation is 1. The Morgan fingerprint density at radius 1 is 1.05 bits per heavy atom. The molecular weight excluding hydrogens is 254 g/mol. The Morgan fingerprint density at radius 3 is 2.65 bits per heavy atom. The van der Waals surface area contributed by atoms with Crippen molar-refractivity contribution in [3.63, 3.8) is 0 Å². The van der Waals surface area contributed by atoms with Gasteiger partial charge in [-0.1, -0.05) is 12.1 Å². The number of aromatic hydroxyl groups is 2. The number of hydrogen-bond acceptors (Lipinski definition) is 3. The zero-order valence-electron chi connectivity index (χ0n) is 11.1. The summed E-state index contributed by atoms with van der Waals surface area (Å²) in [6.07, 6.45) is 0. The van der Waals surface area contributed by atoms with Crippen LogP contribution in [0.1, 0.15) is 5.69 Å². The van der Waals surface area contributed by atoms with Gasteiger partial charge in [-0.3, -0.25) is 0 Å². The normalized spacial score (nSPS) is 10.8. The highest BCUT2D eigenvalue weighted by molar-refractivity contribution is 5.82. The van der Waals surface area contributed by atoms with E-state index in [4.69, 9.17) is 4.74 Å². The average Bonchev–Trinajstić information content (AvgIpc) is 2.74. The number of fused-ring (bicyclic) bond motifs is 1. The van der Waals surface area contributed by atoms with E-state index in [2.05, 4.69) is 0 Å². The standard InChI is InChI=1S/C16H15NO3/c1-17-12(8-11-9-13(18)6-7-14(11)17)10-20-16-5-3-2-4-15(16)19/h2-9,18-19H,10H2,1H3. The Labute approximate surface area is 116 Å². The fourth-order valence-corrected chi connectivity index (χ4v) is 2.26. The third-order valence-electron chi connectivity index (χ3n) is 3.37. The van der Waals surface area contributed by atoms with E-state index >= 15 is 0 Å². The molecule has 0 amide bonds. The molecule has 0 aliphatic heterocycles. The Hall–Kier alpha value is -2.62. The number of benzene rings is 2. The summed E-state index contributed by atoms with van der Waals surface area (Å²) in [6, 6.07) is 14.1. The molecule has 3 aromatic rings. The van der Waals surface area contributed by atoms with Crippen LogP contribution in [-0.2, 0) is 13.7 Å². The van der Waals surface area contributed by atoms with Crippen molar-refractivity contribution in [3.05, 3.63) is 54.2 Å². The maximum atomic E-state index is 9.67. The van der Waals surface area contributed by atoms with Gasteiger partial charge in [0.2, 0.25) is 0 Å². The molecule has 4 heteroatoms. The minimum absolute atomic E-state index is 0.129. The first-order valence-corrected chi connectivity index (χ1v) is 6.33. The summed E-state index contributed by atoms with van der Waals surface area (Å²) in [4.78, 5) is 0. The lowest BCUT2D eigenvalue weighted by Crippen LogP contribution is -2.01. The molecular formula is C16H15NO3. The molecule has 0 unspecified atom stereocenters. The second kappa shape index (κ2) is 4.81. The molecule has 0 aliphatic carbocycles. The number of hydrogen-bond donors (Lipinski definition) is 2. The maximum Gasteiger partial charge on any atom is 0.161 e. The zero-order chi connectivity index (χ0) is 14.1. The van der Waals surface area contributed by atoms with Crippen molar-refractivity contribution in [2.24, 2.45) is 7.05 Å². The number of aromatic nitrogens is 1. The third-order valence-corrected chi connectivity index (χ3v) is 3.37. The van der Waals surface area contributed by atoms with Crippen molar-refractivity contribution in [2.45, 2.75) is 6.61 Å². The number of para-hydroxylation sites is 2. The van der Waals surface area contributed by atoms with E-state index in [9.17, 15) is 10.2 Å². The summed E-state index contributed by atoms with van der Waals surface area (Å²) in [7, 11) is 1.95. The summed E-state index contributed by atoms with van der Waals surface area (Å²) >= 11 is 0. The SMILES string of the molecule is Cn1c(COc2ccccc2O)cc2cc(O)ccc21. The van der Waals surface area contributed by atoms with Gasteiger partial charge < -0.3 is 19.5 Å². The Morgan fingerprint density at radius 2 is 1.85 bits per heavy atom. The highest BCUT2D eigenvalue weighted by Gasteiger charge is 2.08. The van der Waals surface area contributed by atoms with Gasteiger partial charge in [0.05, 0.1) is 5.69 Å². The predicted molar refractivity (Wildman–Crippen MR) is 77.0 cm³/mol. The molecule has 1 aromatic heterocycles. The van der Waals surface area contributed by atoms with E-state index in [1.54, 1.807) is 30.3 Å². The number of nitrogens with zero attached hydrogens (tertiary/aromatic N) is 1. The van der Waals surface area contributed by atoms with E-state index in [1.165, 1.54) is 0 Å². The average molecular weight is 269 g/mol. The number of rotatable bonds is 3. The van der Waals surface area contributed by atoms with Crippen molar-refractivity contribution < 1.29 is 14.9 Å². The number of phenols is 2. The predicted octanol–water partition coefficient (Wildman–Crippen LogP) is 3.17. The van der Waals surface area contributed by atoms with E-state index in [1.807, 2.05) is 29.8 Å². The monoisotopic (exact) mass is 269 g/mol. The van der Waals surface area contributed by atoms with Crippen molar-refractivity contribution in [2.75, 3.05) is 0 Å². The van der Waals surface area contributed by atoms with Crippen molar-refractivity contribution in [3.8, 4) is 17.2 Å². The second-order valence-electron chi connectivity index (χ2n) is 4.69. The molecule has 102 valence electrons. The van der Waals surface area contributed by atoms with E-state index in [-0.39, 0.29) is 11.5 Å². The fourth-order valence-electron chi connectivity index (χ4n) is 2.26. The molecule has 0 aliphatic rings. The summed E-state index contributed by atoms with van der Waals surface area (Å²) in [6.45, 7) is 0.351. The van der Waals surface area contributed by atoms with Gasteiger partial charge in [-0.15, -0.1) is 0 Å². The summed E-state index contributed by atoms with van der Waals surface area (Å²) in [5, 5.41) is 20.1. The lowest BCUT2D eigenvalue weighted by atomic mass is 10.2. The van der Waals surface area contributed by atoms with Crippen molar-refractivity contribution in [1.82, 2.24) is 4.57 Å². The van der Waals surface area contributed by atoms with Gasteiger partial charge >= 0.3 is 0 Å². The maximum absolute atomic E-state index is 9.67. The first-order valence-electron chi connectivity index (χ1n) is 6.33. The number of phenolic OH excluding ortho intramolecular Hbond substituents is 2. The molecule has 0 saturated carbocycles. The van der Waals surface area contributed by atoms with Gasteiger partial charge in [0, 0.05) is 18.0 Å². The Bertz CT molecular complexity index is 762. The molecule has 0 bridgehead atoms. The van der Waals surface area contributed by atoms with Crippen LogP contribution in [0, 0.1) is 0 Å². The topological polar surface area (TPSA) is 54.6 Å². The van der Waals surface area contributed by atoms with Crippen molar-refractivity contribution in [1.29, 1.82) is 0 Å². The summed E-state index contributed by atoms with van der Waals surface area (Å²) in [5.74, 6) is 0.834. The van der Waals surface area contributed by atoms with Crippen LogP contribution in [0.25, 0.3) is 10.9 Å². The molecule has 2 N–H and O–H groups in total. The first-order chi connectivity index (χ1) is 9.65. The van der Waals surface area contributed by atoms with Gasteiger partial charge in [0.1, 0.15) is 12.4 Å². The molecule has 3 rings (SSSR count). The summed E-state index contributed by atoms with van der Waals surface area (Å²) < 4.78 is 7.64. The van der Waals surface area contributed by atoms with E-state index in [0.29, 0.717) is 12.4 Å². The van der Waals surface area contributed by atoms with Gasteiger partial charge in [-0.25, -0.2) is 0 Å². The van der Waals surface area contributed by atoms with Crippen LogP contribution in [-0.4, -0.2) is 14.8 Å². The summed E-state index contributed by atoms with van der Waals surface area (Å²) in [5.41, 5.74) is 1.99. The zero-order valence-corrected chi connectivity index (χ0v) is 11.1. The molecule has 0 radical (unpaired) electrons. The molecule has 0 saturated heterocycles. The quantitative estimate of drug-likeness (QED) is 0.768. The highest BCUT2D eigenvalue weighted by Crippen LogP contribution is 2.27.